The number of amides is 1. The third kappa shape index (κ3) is 5.42. The number of para-hydroxylation sites is 1. The van der Waals surface area contributed by atoms with E-state index in [-0.39, 0.29) is 17.3 Å². The molecule has 0 aromatic heterocycles. The average Bonchev–Trinajstić information content (AvgIpc) is 2.84. The zero-order chi connectivity index (χ0) is 23.3. The largest absolute Gasteiger partial charge is 0.308 e. The summed E-state index contributed by atoms with van der Waals surface area (Å²) in [5.41, 5.74) is 1.26. The molecule has 33 heavy (non-hydrogen) atoms. The lowest BCUT2D eigenvalue weighted by molar-refractivity contribution is 0.0986. The first-order valence-electron chi connectivity index (χ1n) is 10.6. The van der Waals surface area contributed by atoms with Crippen molar-refractivity contribution in [2.75, 3.05) is 18.0 Å². The smallest absolute Gasteiger partial charge is 0.258 e. The first kappa shape index (κ1) is 23.0. The van der Waals surface area contributed by atoms with Gasteiger partial charge in [0, 0.05) is 34.7 Å². The molecule has 7 heteroatoms. The summed E-state index contributed by atoms with van der Waals surface area (Å²) in [6.07, 6.45) is 0.443. The Morgan fingerprint density at radius 1 is 0.818 bits per heavy atom. The van der Waals surface area contributed by atoms with E-state index in [1.54, 1.807) is 47.4 Å². The molecular formula is C26H23ClN2O3S. The van der Waals surface area contributed by atoms with Crippen LogP contribution in [-0.4, -0.2) is 27.4 Å². The zero-order valence-corrected chi connectivity index (χ0v) is 19.4. The van der Waals surface area contributed by atoms with Crippen molar-refractivity contribution >= 4 is 44.0 Å². The first-order chi connectivity index (χ1) is 16.0. The van der Waals surface area contributed by atoms with E-state index in [4.69, 9.17) is 11.6 Å². The van der Waals surface area contributed by atoms with Crippen molar-refractivity contribution in [2.45, 2.75) is 11.3 Å². The number of nitrogens with one attached hydrogen (secondary N) is 1. The first-order valence-corrected chi connectivity index (χ1v) is 12.4. The molecule has 5 nitrogen and oxygen atoms in total. The van der Waals surface area contributed by atoms with Gasteiger partial charge in [-0.3, -0.25) is 4.79 Å². The molecule has 0 unspecified atom stereocenters. The highest BCUT2D eigenvalue weighted by molar-refractivity contribution is 7.89. The number of sulfonamides is 1. The fraction of sp³-hybridized carbons (Fsp3) is 0.115. The summed E-state index contributed by atoms with van der Waals surface area (Å²) in [6.45, 7) is 0.548. The maximum Gasteiger partial charge on any atom is 0.258 e. The van der Waals surface area contributed by atoms with Crippen molar-refractivity contribution in [1.82, 2.24) is 4.72 Å². The fourth-order valence-corrected chi connectivity index (χ4v) is 5.08. The van der Waals surface area contributed by atoms with E-state index >= 15 is 0 Å². The van der Waals surface area contributed by atoms with Gasteiger partial charge in [-0.05, 0) is 54.3 Å². The Balaban J connectivity index is 1.47. The van der Waals surface area contributed by atoms with E-state index < -0.39 is 10.0 Å². The Bertz CT molecular complexity index is 1350. The number of hydrogen-bond acceptors (Lipinski definition) is 3. The van der Waals surface area contributed by atoms with E-state index in [1.807, 2.05) is 54.6 Å². The van der Waals surface area contributed by atoms with E-state index in [0.29, 0.717) is 28.9 Å². The maximum atomic E-state index is 13.2. The molecule has 0 saturated heterocycles. The Morgan fingerprint density at radius 3 is 2.24 bits per heavy atom. The summed E-state index contributed by atoms with van der Waals surface area (Å²) in [5, 5.41) is 2.10. The lowest BCUT2D eigenvalue weighted by atomic mass is 10.1. The molecule has 4 aromatic carbocycles. The Morgan fingerprint density at radius 2 is 1.48 bits per heavy atom. The molecule has 4 aromatic rings. The topological polar surface area (TPSA) is 66.5 Å². The Labute approximate surface area is 198 Å². The number of carbonyl (C=O) groups is 1. The monoisotopic (exact) mass is 478 g/mol. The van der Waals surface area contributed by atoms with Crippen molar-refractivity contribution < 1.29 is 13.2 Å². The summed E-state index contributed by atoms with van der Waals surface area (Å²) in [6, 6.07) is 28.6. The maximum absolute atomic E-state index is 13.2. The number of halogens is 1. The molecule has 0 atom stereocenters. The van der Waals surface area contributed by atoms with Gasteiger partial charge in [-0.1, -0.05) is 66.2 Å². The van der Waals surface area contributed by atoms with Crippen LogP contribution in [0.5, 0.6) is 0 Å². The van der Waals surface area contributed by atoms with Gasteiger partial charge < -0.3 is 4.90 Å². The van der Waals surface area contributed by atoms with Crippen LogP contribution in [0, 0.1) is 0 Å². The van der Waals surface area contributed by atoms with Crippen molar-refractivity contribution in [3.05, 3.63) is 108 Å². The van der Waals surface area contributed by atoms with Crippen molar-refractivity contribution in [2.24, 2.45) is 0 Å². The molecular weight excluding hydrogens is 456 g/mol. The van der Waals surface area contributed by atoms with E-state index in [1.165, 1.54) is 0 Å². The predicted molar refractivity (Wildman–Crippen MR) is 133 cm³/mol. The third-order valence-electron chi connectivity index (χ3n) is 5.29. The Kier molecular flexibility index (Phi) is 7.08. The van der Waals surface area contributed by atoms with Crippen LogP contribution in [0.1, 0.15) is 16.8 Å². The molecule has 0 aliphatic heterocycles. The van der Waals surface area contributed by atoms with Crippen LogP contribution in [0.4, 0.5) is 5.69 Å². The van der Waals surface area contributed by atoms with Crippen LogP contribution in [0.15, 0.2) is 102 Å². The summed E-state index contributed by atoms with van der Waals surface area (Å²) in [4.78, 5) is 15.1. The number of anilines is 1. The normalized spacial score (nSPS) is 11.4. The van der Waals surface area contributed by atoms with Crippen LogP contribution in [0.2, 0.25) is 5.02 Å². The van der Waals surface area contributed by atoms with Gasteiger partial charge in [-0.2, -0.15) is 0 Å². The van der Waals surface area contributed by atoms with Gasteiger partial charge in [0.15, 0.2) is 0 Å². The standard InChI is InChI=1S/C26H23ClN2O3S/c27-22-16-14-21(15-17-22)26(30)29(23-10-2-1-3-11-23)19-7-18-28-33(31,32)25-13-6-9-20-8-4-5-12-24(20)25/h1-6,8-17,28H,7,18-19H2. The van der Waals surface area contributed by atoms with Crippen molar-refractivity contribution in [1.29, 1.82) is 0 Å². The molecule has 0 spiro atoms. The molecule has 1 amide bonds. The minimum Gasteiger partial charge on any atom is -0.308 e. The molecule has 0 radical (unpaired) electrons. The predicted octanol–water partition coefficient (Wildman–Crippen LogP) is 5.51. The van der Waals surface area contributed by atoms with Crippen molar-refractivity contribution in [3.63, 3.8) is 0 Å². The lowest BCUT2D eigenvalue weighted by Crippen LogP contribution is -2.34. The third-order valence-corrected chi connectivity index (χ3v) is 7.07. The van der Waals surface area contributed by atoms with Gasteiger partial charge in [-0.25, -0.2) is 13.1 Å². The van der Waals surface area contributed by atoms with Gasteiger partial charge in [0.25, 0.3) is 5.91 Å². The highest BCUT2D eigenvalue weighted by Crippen LogP contribution is 2.23. The minimum absolute atomic E-state index is 0.172. The van der Waals surface area contributed by atoms with E-state index in [9.17, 15) is 13.2 Å². The summed E-state index contributed by atoms with van der Waals surface area (Å²) in [5.74, 6) is -0.172. The highest BCUT2D eigenvalue weighted by atomic mass is 35.5. The number of benzene rings is 4. The molecule has 1 N–H and O–H groups in total. The number of rotatable bonds is 8. The second-order valence-electron chi connectivity index (χ2n) is 7.53. The van der Waals surface area contributed by atoms with Gasteiger partial charge in [0.2, 0.25) is 10.0 Å². The second-order valence-corrected chi connectivity index (χ2v) is 9.70. The molecule has 0 aliphatic rings. The second kappa shape index (κ2) is 10.2. The summed E-state index contributed by atoms with van der Waals surface area (Å²) < 4.78 is 28.6. The molecule has 4 rings (SSSR count). The van der Waals surface area contributed by atoms with Crippen LogP contribution in [-0.2, 0) is 10.0 Å². The molecule has 0 aliphatic carbocycles. The molecule has 168 valence electrons. The van der Waals surface area contributed by atoms with Crippen LogP contribution >= 0.6 is 11.6 Å². The Hall–Kier alpha value is -3.19. The number of fused-ring (bicyclic) bond motifs is 1. The summed E-state index contributed by atoms with van der Waals surface area (Å²) in [7, 11) is -3.69. The van der Waals surface area contributed by atoms with Gasteiger partial charge in [0.1, 0.15) is 0 Å². The highest BCUT2D eigenvalue weighted by Gasteiger charge is 2.19. The van der Waals surface area contributed by atoms with Crippen molar-refractivity contribution in [3.8, 4) is 0 Å². The molecule has 0 bridgehead atoms. The fourth-order valence-electron chi connectivity index (χ4n) is 3.66. The molecule has 0 heterocycles. The SMILES string of the molecule is O=C(c1ccc(Cl)cc1)N(CCCNS(=O)(=O)c1cccc2ccccc12)c1ccccc1. The van der Waals surface area contributed by atoms with Gasteiger partial charge in [-0.15, -0.1) is 0 Å². The quantitative estimate of drug-likeness (QED) is 0.339. The number of carbonyl (C=O) groups excluding carboxylic acids is 1. The van der Waals surface area contributed by atoms with Gasteiger partial charge in [0.05, 0.1) is 4.90 Å². The van der Waals surface area contributed by atoms with E-state index in [0.717, 1.165) is 11.1 Å². The van der Waals surface area contributed by atoms with Crippen LogP contribution in [0.25, 0.3) is 10.8 Å². The number of nitrogens with zero attached hydrogens (tertiary/aromatic N) is 1. The minimum atomic E-state index is -3.69. The number of hydrogen-bond donors (Lipinski definition) is 1. The van der Waals surface area contributed by atoms with E-state index in [2.05, 4.69) is 4.72 Å². The molecule has 0 saturated carbocycles. The van der Waals surface area contributed by atoms with Gasteiger partial charge >= 0.3 is 0 Å². The van der Waals surface area contributed by atoms with Crippen LogP contribution < -0.4 is 9.62 Å². The summed E-state index contributed by atoms with van der Waals surface area (Å²) >= 11 is 5.95. The van der Waals surface area contributed by atoms with Crippen LogP contribution in [0.3, 0.4) is 0 Å². The zero-order valence-electron chi connectivity index (χ0n) is 17.8. The molecule has 0 fully saturated rings. The average molecular weight is 479 g/mol. The lowest BCUT2D eigenvalue weighted by Gasteiger charge is -2.23.